The molecule has 0 amide bonds. The molecule has 4 unspecified atom stereocenters. The predicted molar refractivity (Wildman–Crippen MR) is 118 cm³/mol. The van der Waals surface area contributed by atoms with E-state index in [0.717, 1.165) is 19.4 Å². The topological polar surface area (TPSA) is 87.6 Å². The third-order valence-electron chi connectivity index (χ3n) is 5.76. The van der Waals surface area contributed by atoms with Crippen LogP contribution in [-0.2, 0) is 15.9 Å². The van der Waals surface area contributed by atoms with Gasteiger partial charge in [-0.25, -0.2) is 4.90 Å². The van der Waals surface area contributed by atoms with Gasteiger partial charge in [0.25, 0.3) is 0 Å². The predicted octanol–water partition coefficient (Wildman–Crippen LogP) is 2.76. The normalized spacial score (nSPS) is 30.1. The van der Waals surface area contributed by atoms with Gasteiger partial charge in [0.15, 0.2) is 6.17 Å². The van der Waals surface area contributed by atoms with E-state index in [-0.39, 0.29) is 12.2 Å². The summed E-state index contributed by atoms with van der Waals surface area (Å²) in [5, 5.41) is 22.8. The Balaban J connectivity index is 1.77. The van der Waals surface area contributed by atoms with E-state index in [4.69, 9.17) is 4.74 Å². The van der Waals surface area contributed by atoms with Gasteiger partial charge in [-0.05, 0) is 19.9 Å². The molecular weight excluding hydrogens is 410 g/mol. The Hall–Kier alpha value is -0.330. The molecular formula is C19H35N5O3S2. The lowest BCUT2D eigenvalue weighted by Crippen LogP contribution is -2.62. The van der Waals surface area contributed by atoms with Crippen LogP contribution in [0.5, 0.6) is 0 Å². The fraction of sp³-hybridized carbons (Fsp3) is 0.895. The van der Waals surface area contributed by atoms with Crippen LogP contribution in [0.3, 0.4) is 0 Å². The Morgan fingerprint density at radius 2 is 2.07 bits per heavy atom. The van der Waals surface area contributed by atoms with Gasteiger partial charge in [-0.1, -0.05) is 49.7 Å². The summed E-state index contributed by atoms with van der Waals surface area (Å²) in [5.74, 6) is 0.556. The first-order valence-electron chi connectivity index (χ1n) is 10.8. The number of ether oxygens (including phenoxy) is 1. The van der Waals surface area contributed by atoms with Crippen LogP contribution in [0, 0.1) is 5.21 Å². The van der Waals surface area contributed by atoms with Gasteiger partial charge in [-0.2, -0.15) is 0 Å². The van der Waals surface area contributed by atoms with Crippen LogP contribution >= 0.6 is 11.3 Å². The van der Waals surface area contributed by atoms with Gasteiger partial charge in [0.2, 0.25) is 0 Å². The van der Waals surface area contributed by atoms with E-state index in [2.05, 4.69) is 26.9 Å². The molecule has 0 N–H and O–H groups in total. The van der Waals surface area contributed by atoms with Crippen molar-refractivity contribution in [1.29, 1.82) is 0 Å². The Labute approximate surface area is 181 Å². The summed E-state index contributed by atoms with van der Waals surface area (Å²) in [6, 6.07) is 0.269. The van der Waals surface area contributed by atoms with E-state index in [0.29, 0.717) is 41.7 Å². The number of hydrogen-bond acceptors (Lipinski definition) is 8. The molecule has 0 bridgehead atoms. The molecule has 0 aliphatic carbocycles. The molecule has 2 fully saturated rings. The van der Waals surface area contributed by atoms with E-state index < -0.39 is 15.8 Å². The first kappa shape index (κ1) is 23.3. The largest absolute Gasteiger partial charge is 0.623 e. The smallest absolute Gasteiger partial charge is 0.327 e. The Morgan fingerprint density at radius 1 is 1.24 bits per heavy atom. The number of quaternary nitrogens is 1. The van der Waals surface area contributed by atoms with Gasteiger partial charge in [0, 0.05) is 35.1 Å². The zero-order valence-corrected chi connectivity index (χ0v) is 19.6. The molecule has 4 atom stereocenters. The number of likely N-dealkylation sites (N-methyl/N-ethyl adjacent to an activating group) is 1. The number of hydroxylamine groups is 2. The van der Waals surface area contributed by atoms with Crippen molar-refractivity contribution in [2.75, 3.05) is 45.8 Å². The molecule has 2 saturated heterocycles. The summed E-state index contributed by atoms with van der Waals surface area (Å²) in [6.45, 7) is 7.37. The molecule has 2 aliphatic heterocycles. The Morgan fingerprint density at radius 3 is 2.83 bits per heavy atom. The minimum absolute atomic E-state index is 0.222. The molecule has 0 spiro atoms. The molecule has 0 saturated carbocycles. The Kier molecular flexibility index (Phi) is 8.70. The average Bonchev–Trinajstić information content (AvgIpc) is 3.31. The molecule has 3 heterocycles. The second kappa shape index (κ2) is 10.8. The fourth-order valence-electron chi connectivity index (χ4n) is 4.29. The molecule has 0 aromatic carbocycles. The van der Waals surface area contributed by atoms with Gasteiger partial charge in [0.1, 0.15) is 12.4 Å². The van der Waals surface area contributed by atoms with Crippen molar-refractivity contribution >= 4 is 27.6 Å². The van der Waals surface area contributed by atoms with Gasteiger partial charge in [0.05, 0.1) is 19.8 Å². The molecule has 10 heteroatoms. The maximum atomic E-state index is 14.1. The molecule has 2 aliphatic rings. The number of nitrogens with zero attached hydrogens (tertiary/aromatic N) is 5. The third-order valence-corrected chi connectivity index (χ3v) is 8.65. The number of hydrogen-bond donors (Lipinski definition) is 0. The minimum Gasteiger partial charge on any atom is -0.623 e. The van der Waals surface area contributed by atoms with Gasteiger partial charge in [-0.15, -0.1) is 0 Å². The lowest BCUT2D eigenvalue weighted by molar-refractivity contribution is -0.0506. The van der Waals surface area contributed by atoms with Crippen LogP contribution in [0.4, 0.5) is 5.13 Å². The lowest BCUT2D eigenvalue weighted by Gasteiger charge is -2.47. The summed E-state index contributed by atoms with van der Waals surface area (Å²) in [4.78, 5) is 4.43. The number of morpholine rings is 1. The van der Waals surface area contributed by atoms with Crippen molar-refractivity contribution < 1.29 is 9.29 Å². The lowest BCUT2D eigenvalue weighted by atomic mass is 10.0. The van der Waals surface area contributed by atoms with Gasteiger partial charge in [-0.3, -0.25) is 9.55 Å². The minimum atomic E-state index is -1.17. The van der Waals surface area contributed by atoms with E-state index in [1.54, 1.807) is 0 Å². The first-order chi connectivity index (χ1) is 14.0. The number of aromatic nitrogens is 2. The van der Waals surface area contributed by atoms with Crippen LogP contribution < -0.4 is 4.65 Å². The van der Waals surface area contributed by atoms with E-state index in [1.807, 2.05) is 14.0 Å². The van der Waals surface area contributed by atoms with E-state index in [1.165, 1.54) is 37.0 Å². The third kappa shape index (κ3) is 5.48. The highest BCUT2D eigenvalue weighted by Crippen LogP contribution is 2.37. The van der Waals surface area contributed by atoms with Crippen LogP contribution in [0.15, 0.2) is 4.34 Å². The monoisotopic (exact) mass is 445 g/mol. The molecule has 29 heavy (non-hydrogen) atoms. The summed E-state index contributed by atoms with van der Waals surface area (Å²) in [6.07, 6.45) is 6.52. The Bertz CT molecular complexity index is 637. The summed E-state index contributed by atoms with van der Waals surface area (Å²) in [5.41, 5.74) is 0. The highest BCUT2D eigenvalue weighted by molar-refractivity contribution is 7.93. The van der Waals surface area contributed by atoms with Gasteiger partial charge >= 0.3 is 9.47 Å². The summed E-state index contributed by atoms with van der Waals surface area (Å²) in [7, 11) is 1.98. The molecule has 3 rings (SSSR count). The quantitative estimate of drug-likeness (QED) is 0.237. The van der Waals surface area contributed by atoms with Crippen molar-refractivity contribution in [3.05, 3.63) is 5.21 Å². The SMILES string of the molecule is CCCCCCC1COCCN1C1CN(C)C[N+]1([O-])c1nnc([S+]([O-])CCC)s1. The van der Waals surface area contributed by atoms with Crippen LogP contribution in [0.25, 0.3) is 0 Å². The number of unbranched alkanes of at least 4 members (excludes halogenated alkanes) is 3. The molecule has 1 aromatic heterocycles. The van der Waals surface area contributed by atoms with Gasteiger partial charge < -0.3 is 14.5 Å². The summed E-state index contributed by atoms with van der Waals surface area (Å²) >= 11 is 0.0550. The average molecular weight is 446 g/mol. The zero-order valence-electron chi connectivity index (χ0n) is 17.9. The molecule has 8 nitrogen and oxygen atoms in total. The highest BCUT2D eigenvalue weighted by atomic mass is 32.2. The standard InChI is InChI=1S/C19H35N5O3S2/c1-4-6-7-8-9-16-14-27-11-10-23(16)17-13-22(3)15-24(17,25)18-20-21-19(28-18)29(26)12-5-2/h16-17H,4-15H2,1-3H3. The van der Waals surface area contributed by atoms with Crippen molar-refractivity contribution in [2.45, 2.75) is 68.9 Å². The van der Waals surface area contributed by atoms with Crippen LogP contribution in [0.1, 0.15) is 52.4 Å². The highest BCUT2D eigenvalue weighted by Gasteiger charge is 2.48. The number of rotatable bonds is 10. The van der Waals surface area contributed by atoms with Crippen molar-refractivity contribution in [3.63, 3.8) is 0 Å². The molecule has 0 radical (unpaired) electrons. The molecule has 1 aromatic rings. The zero-order chi connectivity index (χ0) is 20.9. The second-order valence-electron chi connectivity index (χ2n) is 8.17. The maximum absolute atomic E-state index is 14.1. The van der Waals surface area contributed by atoms with Crippen molar-refractivity contribution in [3.8, 4) is 0 Å². The van der Waals surface area contributed by atoms with E-state index in [9.17, 15) is 9.76 Å². The van der Waals surface area contributed by atoms with E-state index >= 15 is 0 Å². The first-order valence-corrected chi connectivity index (χ1v) is 13.0. The van der Waals surface area contributed by atoms with Crippen molar-refractivity contribution in [1.82, 2.24) is 24.6 Å². The van der Waals surface area contributed by atoms with Crippen molar-refractivity contribution in [2.24, 2.45) is 0 Å². The molecule has 166 valence electrons. The van der Waals surface area contributed by atoms with Crippen LogP contribution in [0.2, 0.25) is 0 Å². The second-order valence-corrected chi connectivity index (χ2v) is 10.9. The maximum Gasteiger partial charge on any atom is 0.327 e. The summed E-state index contributed by atoms with van der Waals surface area (Å²) < 4.78 is 18.0. The fourth-order valence-corrected chi connectivity index (χ4v) is 6.47. The van der Waals surface area contributed by atoms with Crippen LogP contribution in [-0.4, -0.2) is 82.5 Å².